The molecule has 0 aromatic carbocycles. The van der Waals surface area contributed by atoms with Crippen LogP contribution in [0.1, 0.15) is 53.9 Å². The van der Waals surface area contributed by atoms with E-state index in [-0.39, 0.29) is 22.8 Å². The Kier molecular flexibility index (Phi) is 4.58. The number of hydrogen-bond acceptors (Lipinski definition) is 5. The van der Waals surface area contributed by atoms with E-state index in [2.05, 4.69) is 20.8 Å². The number of imide groups is 1. The van der Waals surface area contributed by atoms with E-state index >= 15 is 0 Å². The van der Waals surface area contributed by atoms with Gasteiger partial charge in [-0.1, -0.05) is 13.8 Å². The molecule has 140 valence electrons. The molecule has 6 heteroatoms. The summed E-state index contributed by atoms with van der Waals surface area (Å²) >= 11 is 0. The SMILES string of the molecule is COC(OOC1(C)CCC2CC1C2(C)C)C(C)N1C(=O)C=C(C)C1=O. The van der Waals surface area contributed by atoms with E-state index in [1.165, 1.54) is 18.1 Å². The lowest BCUT2D eigenvalue weighted by Gasteiger charge is -2.63. The van der Waals surface area contributed by atoms with Gasteiger partial charge in [-0.05, 0) is 57.3 Å². The summed E-state index contributed by atoms with van der Waals surface area (Å²) in [6, 6.07) is -0.576. The van der Waals surface area contributed by atoms with Crippen molar-refractivity contribution in [3.05, 3.63) is 11.6 Å². The second-order valence-electron chi connectivity index (χ2n) is 8.52. The molecule has 6 nitrogen and oxygen atoms in total. The van der Waals surface area contributed by atoms with Crippen LogP contribution in [0, 0.1) is 17.3 Å². The largest absolute Gasteiger partial charge is 0.351 e. The van der Waals surface area contributed by atoms with Crippen LogP contribution in [-0.4, -0.2) is 41.8 Å². The molecule has 0 saturated heterocycles. The van der Waals surface area contributed by atoms with Crippen molar-refractivity contribution in [2.24, 2.45) is 17.3 Å². The van der Waals surface area contributed by atoms with Crippen LogP contribution in [0.2, 0.25) is 0 Å². The minimum atomic E-state index is -0.829. The van der Waals surface area contributed by atoms with Gasteiger partial charge in [0.1, 0.15) is 5.60 Å². The van der Waals surface area contributed by atoms with E-state index in [4.69, 9.17) is 14.5 Å². The number of rotatable bonds is 6. The molecule has 3 saturated carbocycles. The van der Waals surface area contributed by atoms with Gasteiger partial charge < -0.3 is 4.74 Å². The zero-order valence-electron chi connectivity index (χ0n) is 16.0. The molecule has 0 aromatic heterocycles. The Morgan fingerprint density at radius 1 is 1.28 bits per heavy atom. The lowest BCUT2D eigenvalue weighted by atomic mass is 9.44. The Morgan fingerprint density at radius 2 is 1.96 bits per heavy atom. The fourth-order valence-corrected chi connectivity index (χ4v) is 4.86. The summed E-state index contributed by atoms with van der Waals surface area (Å²) in [6.07, 6.45) is 3.74. The predicted molar refractivity (Wildman–Crippen MR) is 91.1 cm³/mol. The molecule has 2 bridgehead atoms. The Labute approximate surface area is 149 Å². The lowest BCUT2D eigenvalue weighted by molar-refractivity contribution is -0.451. The number of hydrogen-bond donors (Lipinski definition) is 0. The Balaban J connectivity index is 1.65. The van der Waals surface area contributed by atoms with Crippen molar-refractivity contribution in [1.82, 2.24) is 4.90 Å². The first kappa shape index (κ1) is 18.5. The number of carbonyl (C=O) groups excluding carboxylic acids is 2. The molecule has 1 aliphatic heterocycles. The Bertz CT molecular complexity index is 611. The van der Waals surface area contributed by atoms with Crippen molar-refractivity contribution in [3.8, 4) is 0 Å². The molecule has 0 N–H and O–H groups in total. The van der Waals surface area contributed by atoms with Crippen LogP contribution in [-0.2, 0) is 24.1 Å². The molecule has 25 heavy (non-hydrogen) atoms. The minimum absolute atomic E-state index is 0.256. The molecule has 5 unspecified atom stereocenters. The van der Waals surface area contributed by atoms with E-state index in [1.54, 1.807) is 13.8 Å². The fraction of sp³-hybridized carbons (Fsp3) is 0.789. The van der Waals surface area contributed by atoms with E-state index in [0.29, 0.717) is 11.5 Å². The second kappa shape index (κ2) is 6.18. The van der Waals surface area contributed by atoms with Crippen LogP contribution in [0.15, 0.2) is 11.6 Å². The lowest BCUT2D eigenvalue weighted by Crippen LogP contribution is -2.61. The number of carbonyl (C=O) groups is 2. The van der Waals surface area contributed by atoms with Crippen LogP contribution >= 0.6 is 0 Å². The summed E-state index contributed by atoms with van der Waals surface area (Å²) in [6.45, 7) is 10.0. The minimum Gasteiger partial charge on any atom is -0.351 e. The highest BCUT2D eigenvalue weighted by Crippen LogP contribution is 2.63. The number of nitrogens with zero attached hydrogens (tertiary/aromatic N) is 1. The third-order valence-corrected chi connectivity index (χ3v) is 6.70. The van der Waals surface area contributed by atoms with Crippen LogP contribution in [0.3, 0.4) is 0 Å². The maximum atomic E-state index is 12.2. The van der Waals surface area contributed by atoms with Crippen molar-refractivity contribution in [2.45, 2.75) is 71.8 Å². The molecule has 0 aromatic rings. The molecule has 5 atom stereocenters. The number of fused-ring (bicyclic) bond motifs is 2. The van der Waals surface area contributed by atoms with Gasteiger partial charge in [0.15, 0.2) is 0 Å². The van der Waals surface area contributed by atoms with Gasteiger partial charge in [-0.15, -0.1) is 0 Å². The summed E-state index contributed by atoms with van der Waals surface area (Å²) in [7, 11) is 1.49. The van der Waals surface area contributed by atoms with Crippen molar-refractivity contribution in [3.63, 3.8) is 0 Å². The number of ether oxygens (including phenoxy) is 1. The first-order chi connectivity index (χ1) is 11.6. The zero-order valence-corrected chi connectivity index (χ0v) is 16.0. The molecule has 0 radical (unpaired) electrons. The van der Waals surface area contributed by atoms with Gasteiger partial charge in [0.25, 0.3) is 11.8 Å². The highest BCUT2D eigenvalue weighted by atomic mass is 17.2. The topological polar surface area (TPSA) is 65.1 Å². The van der Waals surface area contributed by atoms with E-state index in [1.807, 2.05) is 0 Å². The second-order valence-corrected chi connectivity index (χ2v) is 8.52. The van der Waals surface area contributed by atoms with Crippen LogP contribution in [0.5, 0.6) is 0 Å². The highest BCUT2D eigenvalue weighted by Gasteiger charge is 2.61. The monoisotopic (exact) mass is 351 g/mol. The molecule has 3 fully saturated rings. The predicted octanol–water partition coefficient (Wildman–Crippen LogP) is 2.83. The smallest absolute Gasteiger partial charge is 0.256 e. The number of methoxy groups -OCH3 is 1. The third-order valence-electron chi connectivity index (χ3n) is 6.70. The van der Waals surface area contributed by atoms with Crippen LogP contribution < -0.4 is 0 Å². The summed E-state index contributed by atoms with van der Waals surface area (Å²) in [5.74, 6) is 0.549. The van der Waals surface area contributed by atoms with Crippen LogP contribution in [0.25, 0.3) is 0 Å². The van der Waals surface area contributed by atoms with Gasteiger partial charge in [0, 0.05) is 18.8 Å². The standard InChI is InChI=1S/C19H29NO5/c1-11-9-15(21)20(16(11)22)12(2)17(23-6)24-25-19(5)8-7-13-10-14(19)18(13,3)4/h9,12-14,17H,7-8,10H2,1-6H3. The molecule has 4 aliphatic rings. The quantitative estimate of drug-likeness (QED) is 0.319. The molecular formula is C19H29NO5. The van der Waals surface area contributed by atoms with Gasteiger partial charge in [-0.25, -0.2) is 9.78 Å². The van der Waals surface area contributed by atoms with Gasteiger partial charge in [0.2, 0.25) is 6.29 Å². The molecular weight excluding hydrogens is 322 g/mol. The maximum Gasteiger partial charge on any atom is 0.256 e. The summed E-state index contributed by atoms with van der Waals surface area (Å²) in [5, 5.41) is 0. The molecule has 4 rings (SSSR count). The normalized spacial score (nSPS) is 36.1. The van der Waals surface area contributed by atoms with Crippen molar-refractivity contribution in [1.29, 1.82) is 0 Å². The average Bonchev–Trinajstić information content (AvgIpc) is 2.79. The maximum absolute atomic E-state index is 12.2. The summed E-state index contributed by atoms with van der Waals surface area (Å²) in [4.78, 5) is 36.9. The zero-order chi connectivity index (χ0) is 18.6. The first-order valence-electron chi connectivity index (χ1n) is 9.05. The Morgan fingerprint density at radius 3 is 2.44 bits per heavy atom. The van der Waals surface area contributed by atoms with E-state index in [9.17, 15) is 9.59 Å². The average molecular weight is 351 g/mol. The molecule has 2 amide bonds. The fourth-order valence-electron chi connectivity index (χ4n) is 4.86. The van der Waals surface area contributed by atoms with Gasteiger partial charge in [-0.2, -0.15) is 0 Å². The third kappa shape index (κ3) is 2.84. The summed E-state index contributed by atoms with van der Waals surface area (Å²) in [5.41, 5.74) is 0.308. The number of amides is 2. The van der Waals surface area contributed by atoms with E-state index < -0.39 is 12.3 Å². The Hall–Kier alpha value is -1.24. The summed E-state index contributed by atoms with van der Waals surface area (Å²) < 4.78 is 5.38. The van der Waals surface area contributed by atoms with Crippen molar-refractivity contribution < 1.29 is 24.1 Å². The van der Waals surface area contributed by atoms with Crippen molar-refractivity contribution in [2.75, 3.05) is 7.11 Å². The molecule has 3 aliphatic carbocycles. The van der Waals surface area contributed by atoms with Gasteiger partial charge in [-0.3, -0.25) is 14.5 Å². The van der Waals surface area contributed by atoms with Crippen molar-refractivity contribution >= 4 is 11.8 Å². The molecule has 1 heterocycles. The van der Waals surface area contributed by atoms with Gasteiger partial charge >= 0.3 is 0 Å². The van der Waals surface area contributed by atoms with E-state index in [0.717, 1.165) is 25.2 Å². The first-order valence-corrected chi connectivity index (χ1v) is 9.05. The van der Waals surface area contributed by atoms with Gasteiger partial charge in [0.05, 0.1) is 6.04 Å². The highest BCUT2D eigenvalue weighted by molar-refractivity contribution is 6.16. The van der Waals surface area contributed by atoms with Crippen LogP contribution in [0.4, 0.5) is 0 Å². The molecule has 0 spiro atoms.